The molecule has 0 spiro atoms. The summed E-state index contributed by atoms with van der Waals surface area (Å²) in [5.41, 5.74) is -0.600. The van der Waals surface area contributed by atoms with E-state index in [2.05, 4.69) is 10.4 Å². The Hall–Kier alpha value is -1.70. The van der Waals surface area contributed by atoms with Crippen molar-refractivity contribution < 1.29 is 28.2 Å². The summed E-state index contributed by atoms with van der Waals surface area (Å²) in [4.78, 5) is 23.8. The van der Waals surface area contributed by atoms with Crippen LogP contribution in [0, 0.1) is 0 Å². The number of rotatable bonds is 10. The van der Waals surface area contributed by atoms with Gasteiger partial charge >= 0.3 is 18.8 Å². The van der Waals surface area contributed by atoms with Gasteiger partial charge in [-0.25, -0.2) is 14.4 Å². The molecule has 164 valence electrons. The first kappa shape index (κ1) is 25.3. The van der Waals surface area contributed by atoms with Gasteiger partial charge < -0.3 is 19.3 Å². The predicted octanol–water partition coefficient (Wildman–Crippen LogP) is 4.36. The summed E-state index contributed by atoms with van der Waals surface area (Å²) in [5.74, 6) is 0.159. The molecule has 2 N–H and O–H groups in total. The standard InChI is InChI=1S/C19H31N2O6PS/c1-14(2)25-17(22)15(3)21-28(24,27-16-10-8-7-9-11-16)29-13-12-20-18(23)26-19(4,5)6/h7-11,14-15H,12-13H2,1-6H3,(H,20,23)(H,21,24)/t15-,28?/m0/s1. The minimum absolute atomic E-state index is 0.216. The first-order valence-corrected chi connectivity index (χ1v) is 12.6. The highest BCUT2D eigenvalue weighted by molar-refractivity contribution is 8.56. The molecule has 0 saturated carbocycles. The second kappa shape index (κ2) is 11.5. The van der Waals surface area contributed by atoms with Gasteiger partial charge in [-0.05, 0) is 65.1 Å². The molecular weight excluding hydrogens is 415 g/mol. The Morgan fingerprint density at radius 2 is 1.76 bits per heavy atom. The molecule has 1 aromatic carbocycles. The van der Waals surface area contributed by atoms with Crippen molar-refractivity contribution >= 4 is 30.2 Å². The van der Waals surface area contributed by atoms with Gasteiger partial charge in [-0.15, -0.1) is 0 Å². The van der Waals surface area contributed by atoms with Crippen LogP contribution in [0.15, 0.2) is 30.3 Å². The zero-order chi connectivity index (χ0) is 22.1. The largest absolute Gasteiger partial charge is 0.462 e. The molecule has 0 aliphatic carbocycles. The van der Waals surface area contributed by atoms with E-state index in [-0.39, 0.29) is 18.4 Å². The highest BCUT2D eigenvalue weighted by Crippen LogP contribution is 2.55. The van der Waals surface area contributed by atoms with E-state index in [0.29, 0.717) is 5.75 Å². The molecule has 8 nitrogen and oxygen atoms in total. The van der Waals surface area contributed by atoms with Gasteiger partial charge in [0, 0.05) is 12.3 Å². The van der Waals surface area contributed by atoms with Crippen LogP contribution in [0.3, 0.4) is 0 Å². The van der Waals surface area contributed by atoms with Crippen molar-refractivity contribution in [1.82, 2.24) is 10.4 Å². The van der Waals surface area contributed by atoms with Crippen molar-refractivity contribution in [1.29, 1.82) is 0 Å². The van der Waals surface area contributed by atoms with E-state index in [1.807, 2.05) is 6.07 Å². The maximum absolute atomic E-state index is 13.3. The van der Waals surface area contributed by atoms with E-state index in [1.54, 1.807) is 65.8 Å². The van der Waals surface area contributed by atoms with E-state index >= 15 is 0 Å². The topological polar surface area (TPSA) is 103 Å². The van der Waals surface area contributed by atoms with Crippen LogP contribution in [0.2, 0.25) is 0 Å². The monoisotopic (exact) mass is 446 g/mol. The number of para-hydroxylation sites is 1. The molecule has 1 aromatic rings. The molecule has 1 rings (SSSR count). The lowest BCUT2D eigenvalue weighted by atomic mass is 10.2. The number of benzene rings is 1. The minimum Gasteiger partial charge on any atom is -0.462 e. The van der Waals surface area contributed by atoms with E-state index in [9.17, 15) is 14.2 Å². The minimum atomic E-state index is -3.52. The fraction of sp³-hybridized carbons (Fsp3) is 0.579. The summed E-state index contributed by atoms with van der Waals surface area (Å²) in [5, 5.41) is 5.35. The Labute approximate surface area is 176 Å². The molecule has 10 heteroatoms. The first-order valence-electron chi connectivity index (χ1n) is 9.34. The number of alkyl carbamates (subject to hydrolysis) is 1. The molecule has 2 atom stereocenters. The molecule has 0 bridgehead atoms. The SMILES string of the molecule is CC(C)OC(=O)[C@H](C)NP(=O)(Oc1ccccc1)SCCNC(=O)OC(C)(C)C. The number of ether oxygens (including phenoxy) is 2. The smallest absolute Gasteiger partial charge is 0.407 e. The number of hydrogen-bond donors (Lipinski definition) is 2. The molecule has 29 heavy (non-hydrogen) atoms. The number of carbonyl (C=O) groups excluding carboxylic acids is 2. The fourth-order valence-electron chi connectivity index (χ4n) is 1.97. The van der Waals surface area contributed by atoms with Crippen molar-refractivity contribution in [2.24, 2.45) is 0 Å². The number of carbonyl (C=O) groups is 2. The number of amides is 1. The van der Waals surface area contributed by atoms with E-state index < -0.39 is 30.4 Å². The van der Waals surface area contributed by atoms with Gasteiger partial charge in [-0.2, -0.15) is 0 Å². The van der Waals surface area contributed by atoms with Crippen molar-refractivity contribution in [2.45, 2.75) is 59.3 Å². The fourth-order valence-corrected chi connectivity index (χ4v) is 5.67. The Balaban J connectivity index is 2.71. The zero-order valence-electron chi connectivity index (χ0n) is 17.8. The van der Waals surface area contributed by atoms with Crippen molar-refractivity contribution in [3.8, 4) is 5.75 Å². The quantitative estimate of drug-likeness (QED) is 0.310. The van der Waals surface area contributed by atoms with E-state index in [0.717, 1.165) is 11.4 Å². The third-order valence-electron chi connectivity index (χ3n) is 3.06. The van der Waals surface area contributed by atoms with Crippen LogP contribution in [0.1, 0.15) is 41.5 Å². The van der Waals surface area contributed by atoms with Crippen molar-refractivity contribution in [3.05, 3.63) is 30.3 Å². The number of hydrogen-bond acceptors (Lipinski definition) is 7. The first-order chi connectivity index (χ1) is 13.4. The third kappa shape index (κ3) is 11.2. The average Bonchev–Trinajstić information content (AvgIpc) is 2.57. The van der Waals surface area contributed by atoms with Gasteiger partial charge in [0.1, 0.15) is 17.4 Å². The second-order valence-electron chi connectivity index (χ2n) is 7.50. The number of esters is 1. The predicted molar refractivity (Wildman–Crippen MR) is 115 cm³/mol. The lowest BCUT2D eigenvalue weighted by Crippen LogP contribution is -2.35. The lowest BCUT2D eigenvalue weighted by molar-refractivity contribution is -0.148. The molecule has 0 fully saturated rings. The summed E-state index contributed by atoms with van der Waals surface area (Å²) in [6, 6.07) is 7.83. The van der Waals surface area contributed by atoms with Gasteiger partial charge in [0.15, 0.2) is 0 Å². The van der Waals surface area contributed by atoms with Crippen LogP contribution in [0.5, 0.6) is 5.75 Å². The maximum atomic E-state index is 13.3. The lowest BCUT2D eigenvalue weighted by Gasteiger charge is -2.23. The Bertz CT molecular complexity index is 708. The van der Waals surface area contributed by atoms with Crippen LogP contribution in [-0.2, 0) is 18.8 Å². The highest BCUT2D eigenvalue weighted by Gasteiger charge is 2.31. The maximum Gasteiger partial charge on any atom is 0.407 e. The molecule has 0 aromatic heterocycles. The molecule has 0 heterocycles. The summed E-state index contributed by atoms with van der Waals surface area (Å²) < 4.78 is 29.3. The second-order valence-corrected chi connectivity index (χ2v) is 11.8. The van der Waals surface area contributed by atoms with Crippen molar-refractivity contribution in [3.63, 3.8) is 0 Å². The van der Waals surface area contributed by atoms with Crippen LogP contribution < -0.4 is 14.9 Å². The Morgan fingerprint density at radius 3 is 2.31 bits per heavy atom. The highest BCUT2D eigenvalue weighted by atomic mass is 32.7. The summed E-state index contributed by atoms with van der Waals surface area (Å²) in [7, 11) is 0. The molecule has 1 amide bonds. The average molecular weight is 447 g/mol. The Morgan fingerprint density at radius 1 is 1.14 bits per heavy atom. The van der Waals surface area contributed by atoms with Crippen LogP contribution in [-0.4, -0.2) is 42.1 Å². The van der Waals surface area contributed by atoms with E-state index in [1.165, 1.54) is 0 Å². The van der Waals surface area contributed by atoms with Crippen LogP contribution in [0.25, 0.3) is 0 Å². The van der Waals surface area contributed by atoms with Gasteiger partial charge in [0.2, 0.25) is 0 Å². The van der Waals surface area contributed by atoms with Crippen molar-refractivity contribution in [2.75, 3.05) is 12.3 Å². The van der Waals surface area contributed by atoms with E-state index in [4.69, 9.17) is 14.0 Å². The van der Waals surface area contributed by atoms with Gasteiger partial charge in [0.05, 0.1) is 6.10 Å². The summed E-state index contributed by atoms with van der Waals surface area (Å²) in [6.45, 7) is 7.04. The summed E-state index contributed by atoms with van der Waals surface area (Å²) in [6.07, 6.45) is -0.842. The van der Waals surface area contributed by atoms with Gasteiger partial charge in [-0.1, -0.05) is 18.2 Å². The molecule has 0 radical (unpaired) electrons. The molecular formula is C19H31N2O6PS. The zero-order valence-corrected chi connectivity index (χ0v) is 19.5. The van der Waals surface area contributed by atoms with Crippen LogP contribution in [0.4, 0.5) is 4.79 Å². The molecule has 0 saturated heterocycles. The normalized spacial score (nSPS) is 14.6. The molecule has 1 unspecified atom stereocenters. The molecule has 0 aliphatic heterocycles. The summed E-state index contributed by atoms with van der Waals surface area (Å²) >= 11 is 0.987. The third-order valence-corrected chi connectivity index (χ3v) is 7.05. The van der Waals surface area contributed by atoms with Gasteiger partial charge in [-0.3, -0.25) is 4.79 Å². The Kier molecular flexibility index (Phi) is 10.0. The van der Waals surface area contributed by atoms with Crippen LogP contribution >= 0.6 is 18.1 Å². The number of nitrogens with one attached hydrogen (secondary N) is 2. The van der Waals surface area contributed by atoms with Gasteiger partial charge in [0.25, 0.3) is 0 Å². The molecule has 0 aliphatic rings.